The molecule has 0 atom stereocenters. The molecule has 0 aliphatic carbocycles. The van der Waals surface area contributed by atoms with Crippen molar-refractivity contribution in [3.8, 4) is 11.8 Å². The van der Waals surface area contributed by atoms with E-state index in [4.69, 9.17) is 14.4 Å². The first-order chi connectivity index (χ1) is 13.0. The van der Waals surface area contributed by atoms with Crippen LogP contribution in [0.25, 0.3) is 11.0 Å². The van der Waals surface area contributed by atoms with Gasteiger partial charge in [-0.15, -0.1) is 0 Å². The minimum atomic E-state index is -0.415. The van der Waals surface area contributed by atoms with Crippen LogP contribution in [-0.2, 0) is 4.79 Å². The Morgan fingerprint density at radius 3 is 2.59 bits per heavy atom. The molecule has 0 fully saturated rings. The number of nitrogens with one attached hydrogen (secondary N) is 1. The Morgan fingerprint density at radius 1 is 1.19 bits per heavy atom. The zero-order valence-corrected chi connectivity index (χ0v) is 15.0. The van der Waals surface area contributed by atoms with Crippen molar-refractivity contribution >= 4 is 22.6 Å². The van der Waals surface area contributed by atoms with Crippen molar-refractivity contribution in [1.29, 1.82) is 5.26 Å². The number of rotatable bonds is 5. The fraction of sp³-hybridized carbons (Fsp3) is 0.190. The average molecular weight is 362 g/mol. The summed E-state index contributed by atoms with van der Waals surface area (Å²) < 4.78 is 10.8. The second-order valence-electron chi connectivity index (χ2n) is 6.36. The number of benzene rings is 2. The molecule has 0 saturated heterocycles. The van der Waals surface area contributed by atoms with Crippen LogP contribution in [0.5, 0.6) is 5.75 Å². The molecule has 2 aromatic carbocycles. The molecule has 1 aromatic heterocycles. The SMILES string of the molecule is CC(C)c1cc(=O)oc2cc(OCC(=O)Nc3ccc(C#N)cc3)ccc12. The second kappa shape index (κ2) is 7.75. The van der Waals surface area contributed by atoms with Crippen molar-refractivity contribution in [2.75, 3.05) is 11.9 Å². The van der Waals surface area contributed by atoms with Crippen LogP contribution in [-0.4, -0.2) is 12.5 Å². The first-order valence-electron chi connectivity index (χ1n) is 8.47. The molecule has 6 nitrogen and oxygen atoms in total. The van der Waals surface area contributed by atoms with Crippen LogP contribution in [0.4, 0.5) is 5.69 Å². The summed E-state index contributed by atoms with van der Waals surface area (Å²) in [6, 6.07) is 15.2. The third-order valence-corrected chi connectivity index (χ3v) is 4.04. The number of ether oxygens (including phenoxy) is 1. The Morgan fingerprint density at radius 2 is 1.93 bits per heavy atom. The summed E-state index contributed by atoms with van der Waals surface area (Å²) >= 11 is 0. The van der Waals surface area contributed by atoms with Gasteiger partial charge < -0.3 is 14.5 Å². The van der Waals surface area contributed by atoms with Gasteiger partial charge in [0.2, 0.25) is 0 Å². The maximum Gasteiger partial charge on any atom is 0.336 e. The number of carbonyl (C=O) groups excluding carboxylic acids is 1. The second-order valence-corrected chi connectivity index (χ2v) is 6.36. The Bertz CT molecular complexity index is 1080. The van der Waals surface area contributed by atoms with Gasteiger partial charge in [-0.2, -0.15) is 5.26 Å². The third-order valence-electron chi connectivity index (χ3n) is 4.04. The minimum absolute atomic E-state index is 0.182. The van der Waals surface area contributed by atoms with Crippen molar-refractivity contribution in [1.82, 2.24) is 0 Å². The van der Waals surface area contributed by atoms with Crippen LogP contribution in [0.1, 0.15) is 30.9 Å². The largest absolute Gasteiger partial charge is 0.484 e. The first kappa shape index (κ1) is 18.2. The van der Waals surface area contributed by atoms with E-state index in [2.05, 4.69) is 5.32 Å². The number of amides is 1. The van der Waals surface area contributed by atoms with E-state index in [1.807, 2.05) is 26.0 Å². The van der Waals surface area contributed by atoms with Crippen LogP contribution < -0.4 is 15.7 Å². The van der Waals surface area contributed by atoms with E-state index in [1.54, 1.807) is 36.4 Å². The van der Waals surface area contributed by atoms with Gasteiger partial charge in [0, 0.05) is 23.2 Å². The number of nitrogens with zero attached hydrogens (tertiary/aromatic N) is 1. The number of anilines is 1. The van der Waals surface area contributed by atoms with Crippen LogP contribution in [0.15, 0.2) is 57.7 Å². The predicted molar refractivity (Wildman–Crippen MR) is 102 cm³/mol. The summed E-state index contributed by atoms with van der Waals surface area (Å²) in [5, 5.41) is 12.3. The lowest BCUT2D eigenvalue weighted by molar-refractivity contribution is -0.118. The third kappa shape index (κ3) is 4.33. The summed E-state index contributed by atoms with van der Waals surface area (Å²) in [6.07, 6.45) is 0. The smallest absolute Gasteiger partial charge is 0.336 e. The normalized spacial score (nSPS) is 10.6. The summed E-state index contributed by atoms with van der Waals surface area (Å²) in [5.41, 5.74) is 2.01. The standard InChI is InChI=1S/C21H18N2O4/c1-13(2)18-10-21(25)27-19-9-16(7-8-17(18)19)26-12-20(24)23-15-5-3-14(11-22)4-6-15/h3-10,13H,12H2,1-2H3,(H,23,24). The highest BCUT2D eigenvalue weighted by molar-refractivity contribution is 5.92. The summed E-state index contributed by atoms with van der Waals surface area (Å²) in [6.45, 7) is 3.82. The molecule has 1 N–H and O–H groups in total. The van der Waals surface area contributed by atoms with Crippen LogP contribution in [0.2, 0.25) is 0 Å². The fourth-order valence-corrected chi connectivity index (χ4v) is 2.71. The molecule has 3 aromatic rings. The molecule has 0 radical (unpaired) electrons. The molecule has 0 spiro atoms. The molecule has 0 bridgehead atoms. The number of carbonyl (C=O) groups is 1. The Balaban J connectivity index is 1.70. The monoisotopic (exact) mass is 362 g/mol. The number of nitriles is 1. The van der Waals surface area contributed by atoms with E-state index >= 15 is 0 Å². The molecule has 136 valence electrons. The highest BCUT2D eigenvalue weighted by Crippen LogP contribution is 2.27. The van der Waals surface area contributed by atoms with Crippen LogP contribution in [0.3, 0.4) is 0 Å². The lowest BCUT2D eigenvalue weighted by Crippen LogP contribution is -2.20. The average Bonchev–Trinajstić information content (AvgIpc) is 2.66. The highest BCUT2D eigenvalue weighted by Gasteiger charge is 2.11. The van der Waals surface area contributed by atoms with Crippen molar-refractivity contribution in [3.63, 3.8) is 0 Å². The predicted octanol–water partition coefficient (Wildman–Crippen LogP) is 3.81. The molecule has 3 rings (SSSR count). The lowest BCUT2D eigenvalue weighted by Gasteiger charge is -2.11. The van der Waals surface area contributed by atoms with Gasteiger partial charge in [-0.1, -0.05) is 13.8 Å². The van der Waals surface area contributed by atoms with Crippen LogP contribution in [0, 0.1) is 11.3 Å². The van der Waals surface area contributed by atoms with Crippen molar-refractivity contribution in [2.24, 2.45) is 0 Å². The summed E-state index contributed by atoms with van der Waals surface area (Å²) in [5.74, 6) is 0.278. The van der Waals surface area contributed by atoms with Gasteiger partial charge in [0.05, 0.1) is 11.6 Å². The molecule has 0 aliphatic heterocycles. The van der Waals surface area contributed by atoms with E-state index in [0.29, 0.717) is 22.6 Å². The molecule has 0 saturated carbocycles. The molecular formula is C21H18N2O4. The lowest BCUT2D eigenvalue weighted by atomic mass is 10.00. The first-order valence-corrected chi connectivity index (χ1v) is 8.47. The van der Waals surface area contributed by atoms with E-state index in [9.17, 15) is 9.59 Å². The molecule has 1 heterocycles. The highest BCUT2D eigenvalue weighted by atomic mass is 16.5. The Labute approximate surface area is 156 Å². The minimum Gasteiger partial charge on any atom is -0.484 e. The van der Waals surface area contributed by atoms with Crippen LogP contribution >= 0.6 is 0 Å². The van der Waals surface area contributed by atoms with Gasteiger partial charge >= 0.3 is 5.63 Å². The van der Waals surface area contributed by atoms with Crippen molar-refractivity contribution in [3.05, 3.63) is 70.1 Å². The number of hydrogen-bond donors (Lipinski definition) is 1. The van der Waals surface area contributed by atoms with Gasteiger partial charge in [0.1, 0.15) is 11.3 Å². The quantitative estimate of drug-likeness (QED) is 0.697. The molecule has 0 aliphatic rings. The zero-order valence-electron chi connectivity index (χ0n) is 15.0. The Hall–Kier alpha value is -3.59. The number of hydrogen-bond acceptors (Lipinski definition) is 5. The van der Waals surface area contributed by atoms with E-state index in [0.717, 1.165) is 10.9 Å². The van der Waals surface area contributed by atoms with Gasteiger partial charge in [-0.25, -0.2) is 4.79 Å². The Kier molecular flexibility index (Phi) is 5.23. The van der Waals surface area contributed by atoms with Crippen molar-refractivity contribution in [2.45, 2.75) is 19.8 Å². The van der Waals surface area contributed by atoms with E-state index < -0.39 is 5.63 Å². The maximum absolute atomic E-state index is 12.0. The van der Waals surface area contributed by atoms with Gasteiger partial charge in [0.25, 0.3) is 5.91 Å². The van der Waals surface area contributed by atoms with Gasteiger partial charge in [-0.05, 0) is 47.9 Å². The van der Waals surface area contributed by atoms with Crippen molar-refractivity contribution < 1.29 is 13.9 Å². The molecule has 6 heteroatoms. The van der Waals surface area contributed by atoms with E-state index in [1.165, 1.54) is 6.07 Å². The van der Waals surface area contributed by atoms with E-state index in [-0.39, 0.29) is 18.4 Å². The molecular weight excluding hydrogens is 344 g/mol. The van der Waals surface area contributed by atoms with Gasteiger partial charge in [-0.3, -0.25) is 4.79 Å². The molecule has 27 heavy (non-hydrogen) atoms. The molecule has 0 unspecified atom stereocenters. The summed E-state index contributed by atoms with van der Waals surface area (Å²) in [4.78, 5) is 23.8. The van der Waals surface area contributed by atoms with Gasteiger partial charge in [0.15, 0.2) is 6.61 Å². The number of fused-ring (bicyclic) bond motifs is 1. The summed E-state index contributed by atoms with van der Waals surface area (Å²) in [7, 11) is 0. The molecule has 1 amide bonds. The fourth-order valence-electron chi connectivity index (χ4n) is 2.71. The topological polar surface area (TPSA) is 92.3 Å². The zero-order chi connectivity index (χ0) is 19.4. The maximum atomic E-state index is 12.0.